The molecule has 0 aliphatic rings. The summed E-state index contributed by atoms with van der Waals surface area (Å²) >= 11 is 1.30. The molecule has 3 aromatic rings. The number of halogens is 1. The van der Waals surface area contributed by atoms with E-state index in [1.165, 1.54) is 17.8 Å². The number of para-hydroxylation sites is 1. The molecule has 3 rings (SSSR count). The van der Waals surface area contributed by atoms with Gasteiger partial charge in [-0.25, -0.2) is 4.39 Å². The summed E-state index contributed by atoms with van der Waals surface area (Å²) in [6.07, 6.45) is 1.57. The van der Waals surface area contributed by atoms with Crippen LogP contribution in [0.5, 0.6) is 0 Å². The second-order valence-corrected chi connectivity index (χ2v) is 6.08. The van der Waals surface area contributed by atoms with Crippen LogP contribution in [0.15, 0.2) is 60.0 Å². The van der Waals surface area contributed by atoms with Gasteiger partial charge in [0.2, 0.25) is 12.2 Å². The number of aryl methyl sites for hydroxylation is 1. The van der Waals surface area contributed by atoms with Gasteiger partial charge in [-0.15, -0.1) is 4.68 Å². The first-order chi connectivity index (χ1) is 11.6. The van der Waals surface area contributed by atoms with E-state index in [9.17, 15) is 9.18 Å². The Kier molecular flexibility index (Phi) is 4.90. The van der Waals surface area contributed by atoms with Crippen molar-refractivity contribution in [1.29, 1.82) is 0 Å². The number of rotatable bonds is 5. The lowest BCUT2D eigenvalue weighted by atomic mass is 10.2. The fraction of sp³-hybridized carbons (Fsp3) is 0.118. The summed E-state index contributed by atoms with van der Waals surface area (Å²) in [6, 6.07) is 14.3. The Morgan fingerprint density at radius 2 is 2.08 bits per heavy atom. The second kappa shape index (κ2) is 7.27. The van der Waals surface area contributed by atoms with Gasteiger partial charge in [0.05, 0.1) is 5.75 Å². The van der Waals surface area contributed by atoms with Crippen LogP contribution in [-0.2, 0) is 4.79 Å². The number of thioether (sulfide) groups is 1. The molecule has 0 atom stereocenters. The maximum atomic E-state index is 13.5. The summed E-state index contributed by atoms with van der Waals surface area (Å²) in [5.74, 6) is -0.381. The topological polar surface area (TPSA) is 61.7 Å². The van der Waals surface area contributed by atoms with Crippen LogP contribution in [-0.4, -0.2) is 21.7 Å². The van der Waals surface area contributed by atoms with Crippen LogP contribution in [0.4, 0.5) is 10.1 Å². The van der Waals surface area contributed by atoms with Crippen molar-refractivity contribution in [2.45, 2.75) is 12.1 Å². The minimum atomic E-state index is -0.338. The lowest BCUT2D eigenvalue weighted by Crippen LogP contribution is -2.35. The van der Waals surface area contributed by atoms with E-state index in [1.54, 1.807) is 30.1 Å². The number of aromatic amines is 1. The van der Waals surface area contributed by atoms with E-state index in [0.29, 0.717) is 16.4 Å². The van der Waals surface area contributed by atoms with Crippen molar-refractivity contribution in [3.63, 3.8) is 0 Å². The molecule has 0 radical (unpaired) electrons. The highest BCUT2D eigenvalue weighted by atomic mass is 32.2. The predicted molar refractivity (Wildman–Crippen MR) is 90.6 cm³/mol. The van der Waals surface area contributed by atoms with Crippen molar-refractivity contribution in [3.8, 4) is 5.69 Å². The number of benzene rings is 2. The van der Waals surface area contributed by atoms with E-state index >= 15 is 0 Å². The number of carbonyl (C=O) groups is 1. The summed E-state index contributed by atoms with van der Waals surface area (Å²) < 4.78 is 15.3. The van der Waals surface area contributed by atoms with Crippen LogP contribution in [0, 0.1) is 12.7 Å². The number of H-pyrrole nitrogens is 1. The van der Waals surface area contributed by atoms with Crippen molar-refractivity contribution in [3.05, 3.63) is 66.2 Å². The number of aromatic nitrogens is 3. The average Bonchev–Trinajstić information content (AvgIpc) is 3.06. The van der Waals surface area contributed by atoms with Crippen LogP contribution in [0.3, 0.4) is 0 Å². The fourth-order valence-electron chi connectivity index (χ4n) is 2.12. The molecule has 1 heterocycles. The molecule has 1 aromatic heterocycles. The molecular formula is C17H16FN4OS+. The zero-order valence-electron chi connectivity index (χ0n) is 13.0. The van der Waals surface area contributed by atoms with E-state index in [0.717, 1.165) is 5.69 Å². The van der Waals surface area contributed by atoms with E-state index in [-0.39, 0.29) is 17.5 Å². The van der Waals surface area contributed by atoms with Gasteiger partial charge in [0.15, 0.2) is 5.69 Å². The molecule has 7 heteroatoms. The maximum Gasteiger partial charge on any atom is 0.385 e. The number of hydrogen-bond acceptors (Lipinski definition) is 3. The molecule has 0 bridgehead atoms. The van der Waals surface area contributed by atoms with Crippen molar-refractivity contribution < 1.29 is 13.9 Å². The predicted octanol–water partition coefficient (Wildman–Crippen LogP) is 2.86. The van der Waals surface area contributed by atoms with Crippen molar-refractivity contribution in [1.82, 2.24) is 10.1 Å². The Balaban J connectivity index is 1.63. The van der Waals surface area contributed by atoms with Gasteiger partial charge in [-0.05, 0) is 53.5 Å². The fourth-order valence-corrected chi connectivity index (χ4v) is 2.86. The van der Waals surface area contributed by atoms with Gasteiger partial charge in [-0.3, -0.25) is 4.79 Å². The Morgan fingerprint density at radius 3 is 2.83 bits per heavy atom. The molecule has 5 nitrogen and oxygen atoms in total. The number of amides is 1. The SMILES string of the molecule is Cc1ccc(NC(=O)CSc2nc[nH][n+]2-c2ccccc2)cc1F. The highest BCUT2D eigenvalue weighted by Crippen LogP contribution is 2.16. The minimum absolute atomic E-state index is 0.174. The molecule has 24 heavy (non-hydrogen) atoms. The number of hydrogen-bond donors (Lipinski definition) is 2. The summed E-state index contributed by atoms with van der Waals surface area (Å²) in [7, 11) is 0. The molecule has 0 fully saturated rings. The molecule has 0 unspecified atom stereocenters. The van der Waals surface area contributed by atoms with Crippen molar-refractivity contribution >= 4 is 23.4 Å². The molecule has 0 aliphatic carbocycles. The maximum absolute atomic E-state index is 13.5. The summed E-state index contributed by atoms with van der Waals surface area (Å²) in [5, 5.41) is 6.37. The highest BCUT2D eigenvalue weighted by molar-refractivity contribution is 7.99. The summed E-state index contributed by atoms with van der Waals surface area (Å²) in [4.78, 5) is 16.3. The van der Waals surface area contributed by atoms with Gasteiger partial charge in [-0.2, -0.15) is 5.10 Å². The monoisotopic (exact) mass is 343 g/mol. The number of nitrogens with one attached hydrogen (secondary N) is 2. The Bertz CT molecular complexity index is 851. The lowest BCUT2D eigenvalue weighted by molar-refractivity contribution is -0.694. The third-order valence-corrected chi connectivity index (χ3v) is 4.31. The van der Waals surface area contributed by atoms with Crippen LogP contribution < -0.4 is 10.00 Å². The van der Waals surface area contributed by atoms with Crippen LogP contribution >= 0.6 is 11.8 Å². The number of carbonyl (C=O) groups excluding carboxylic acids is 1. The Morgan fingerprint density at radius 1 is 1.29 bits per heavy atom. The first-order valence-electron chi connectivity index (χ1n) is 7.33. The number of nitrogens with zero attached hydrogens (tertiary/aromatic N) is 2. The van der Waals surface area contributed by atoms with Gasteiger partial charge < -0.3 is 5.32 Å². The number of anilines is 1. The van der Waals surface area contributed by atoms with Crippen LogP contribution in [0.1, 0.15) is 5.56 Å². The zero-order chi connectivity index (χ0) is 16.9. The largest absolute Gasteiger partial charge is 0.385 e. The quantitative estimate of drug-likeness (QED) is 0.553. The summed E-state index contributed by atoms with van der Waals surface area (Å²) in [6.45, 7) is 1.68. The van der Waals surface area contributed by atoms with E-state index in [4.69, 9.17) is 0 Å². The molecule has 0 aliphatic heterocycles. The Hall–Kier alpha value is -2.67. The highest BCUT2D eigenvalue weighted by Gasteiger charge is 2.18. The van der Waals surface area contributed by atoms with E-state index in [1.807, 2.05) is 30.3 Å². The molecule has 1 amide bonds. The zero-order valence-corrected chi connectivity index (χ0v) is 13.8. The van der Waals surface area contributed by atoms with Crippen LogP contribution in [0.2, 0.25) is 0 Å². The smallest absolute Gasteiger partial charge is 0.325 e. The normalized spacial score (nSPS) is 10.6. The van der Waals surface area contributed by atoms with Crippen molar-refractivity contribution in [2.24, 2.45) is 0 Å². The lowest BCUT2D eigenvalue weighted by Gasteiger charge is -2.05. The molecule has 2 N–H and O–H groups in total. The van der Waals surface area contributed by atoms with Gasteiger partial charge in [0.1, 0.15) is 5.82 Å². The van der Waals surface area contributed by atoms with Gasteiger partial charge in [-0.1, -0.05) is 24.3 Å². The van der Waals surface area contributed by atoms with Crippen molar-refractivity contribution in [2.75, 3.05) is 11.1 Å². The van der Waals surface area contributed by atoms with Gasteiger partial charge in [0.25, 0.3) is 0 Å². The molecule has 2 aromatic carbocycles. The van der Waals surface area contributed by atoms with Crippen LogP contribution in [0.25, 0.3) is 5.69 Å². The summed E-state index contributed by atoms with van der Waals surface area (Å²) in [5.41, 5.74) is 1.92. The molecular weight excluding hydrogens is 327 g/mol. The standard InChI is InChI=1S/C17H15FN4OS/c1-12-7-8-13(9-15(12)18)21-16(23)10-24-17-19-11-20-22(17)14-5-3-2-4-6-14/h2-9,11H,10H2,1H3,(H,21,23)/p+1. The third-order valence-electron chi connectivity index (χ3n) is 3.36. The van der Waals surface area contributed by atoms with E-state index in [2.05, 4.69) is 15.4 Å². The molecule has 0 saturated heterocycles. The average molecular weight is 343 g/mol. The molecule has 0 spiro atoms. The minimum Gasteiger partial charge on any atom is -0.325 e. The first-order valence-corrected chi connectivity index (χ1v) is 8.32. The Labute approximate surface area is 142 Å². The van der Waals surface area contributed by atoms with Gasteiger partial charge >= 0.3 is 5.16 Å². The third kappa shape index (κ3) is 3.80. The molecule has 122 valence electrons. The van der Waals surface area contributed by atoms with E-state index < -0.39 is 0 Å². The first kappa shape index (κ1) is 16.2. The second-order valence-electron chi connectivity index (χ2n) is 5.14. The van der Waals surface area contributed by atoms with Gasteiger partial charge in [0, 0.05) is 5.69 Å². The molecule has 0 saturated carbocycles.